The minimum Gasteiger partial charge on any atom is -0.375 e. The highest BCUT2D eigenvalue weighted by Gasteiger charge is 2.30. The smallest absolute Gasteiger partial charge is 0.123 e. The maximum absolute atomic E-state index is 12.9. The number of benzene rings is 1. The van der Waals surface area contributed by atoms with Crippen LogP contribution in [0.4, 0.5) is 4.39 Å². The Labute approximate surface area is 138 Å². The van der Waals surface area contributed by atoms with E-state index in [4.69, 9.17) is 9.47 Å². The zero-order valence-electron chi connectivity index (χ0n) is 13.9. The molecule has 0 bridgehead atoms. The molecule has 2 heterocycles. The highest BCUT2D eigenvalue weighted by atomic mass is 19.1. The average Bonchev–Trinajstić information content (AvgIpc) is 3.10. The van der Waals surface area contributed by atoms with Crippen molar-refractivity contribution in [3.05, 3.63) is 35.6 Å². The fraction of sp³-hybridized carbons (Fsp3) is 0.667. The number of ether oxygens (including phenoxy) is 2. The largest absolute Gasteiger partial charge is 0.375 e. The molecule has 2 unspecified atom stereocenters. The van der Waals surface area contributed by atoms with E-state index in [1.807, 2.05) is 12.1 Å². The third-order valence-corrected chi connectivity index (χ3v) is 4.72. The summed E-state index contributed by atoms with van der Waals surface area (Å²) >= 11 is 0. The maximum Gasteiger partial charge on any atom is 0.123 e. The van der Waals surface area contributed by atoms with Crippen LogP contribution in [-0.2, 0) is 16.0 Å². The number of likely N-dealkylation sites (N-methyl/N-ethyl adjacent to an activating group) is 1. The van der Waals surface area contributed by atoms with Crippen LogP contribution in [0.3, 0.4) is 0 Å². The van der Waals surface area contributed by atoms with Gasteiger partial charge in [-0.15, -0.1) is 0 Å². The molecule has 0 N–H and O–H groups in total. The first-order valence-corrected chi connectivity index (χ1v) is 8.59. The lowest BCUT2D eigenvalue weighted by atomic mass is 10.1. The molecule has 2 aliphatic rings. The third-order valence-electron chi connectivity index (χ3n) is 4.72. The molecule has 1 aromatic rings. The Morgan fingerprint density at radius 2 is 1.96 bits per heavy atom. The van der Waals surface area contributed by atoms with Gasteiger partial charge < -0.3 is 14.4 Å². The molecule has 128 valence electrons. The molecule has 2 fully saturated rings. The van der Waals surface area contributed by atoms with Crippen LogP contribution < -0.4 is 0 Å². The summed E-state index contributed by atoms with van der Waals surface area (Å²) < 4.78 is 24.6. The Kier molecular flexibility index (Phi) is 6.00. The highest BCUT2D eigenvalue weighted by Crippen LogP contribution is 2.20. The van der Waals surface area contributed by atoms with Crippen molar-refractivity contribution in [3.8, 4) is 0 Å². The lowest BCUT2D eigenvalue weighted by Gasteiger charge is -2.36. The summed E-state index contributed by atoms with van der Waals surface area (Å²) in [6.45, 7) is 6.51. The predicted octanol–water partition coefficient (Wildman–Crippen LogP) is 2.14. The zero-order valence-corrected chi connectivity index (χ0v) is 13.9. The van der Waals surface area contributed by atoms with E-state index in [0.717, 1.165) is 64.3 Å². The maximum atomic E-state index is 12.9. The third kappa shape index (κ3) is 4.98. The Morgan fingerprint density at radius 1 is 1.17 bits per heavy atom. The summed E-state index contributed by atoms with van der Waals surface area (Å²) in [5.74, 6) is -0.176. The lowest BCUT2D eigenvalue weighted by Crippen LogP contribution is -2.49. The van der Waals surface area contributed by atoms with Gasteiger partial charge in [0.15, 0.2) is 0 Å². The number of hydrogen-bond acceptors (Lipinski definition) is 4. The molecule has 0 radical (unpaired) electrons. The van der Waals surface area contributed by atoms with Crippen molar-refractivity contribution in [2.45, 2.75) is 31.6 Å². The quantitative estimate of drug-likeness (QED) is 0.801. The van der Waals surface area contributed by atoms with Crippen LogP contribution in [0.5, 0.6) is 0 Å². The summed E-state index contributed by atoms with van der Waals surface area (Å²) in [6, 6.07) is 6.76. The molecule has 1 aromatic carbocycles. The van der Waals surface area contributed by atoms with Crippen molar-refractivity contribution in [2.24, 2.45) is 0 Å². The summed E-state index contributed by atoms with van der Waals surface area (Å²) in [5, 5.41) is 0. The molecule has 0 spiro atoms. The van der Waals surface area contributed by atoms with Gasteiger partial charge in [0.1, 0.15) is 5.82 Å². The molecule has 0 amide bonds. The first-order valence-electron chi connectivity index (χ1n) is 8.59. The zero-order chi connectivity index (χ0) is 16.1. The second kappa shape index (κ2) is 8.20. The van der Waals surface area contributed by atoms with Crippen molar-refractivity contribution >= 4 is 0 Å². The van der Waals surface area contributed by atoms with Gasteiger partial charge in [0.25, 0.3) is 0 Å². The summed E-state index contributed by atoms with van der Waals surface area (Å²) in [6.07, 6.45) is 2.80. The molecule has 2 saturated heterocycles. The van der Waals surface area contributed by atoms with Crippen molar-refractivity contribution in [3.63, 3.8) is 0 Å². The van der Waals surface area contributed by atoms with Crippen molar-refractivity contribution < 1.29 is 13.9 Å². The normalized spacial score (nSPS) is 26.0. The van der Waals surface area contributed by atoms with Gasteiger partial charge in [-0.1, -0.05) is 12.1 Å². The molecule has 0 aromatic heterocycles. The number of hydrogen-bond donors (Lipinski definition) is 0. The standard InChI is InChI=1S/C18H27FN2O2/c1-20(13-15-4-6-16(19)7-5-15)8-9-21-10-12-23-18(14-21)17-3-2-11-22-17/h4-7,17-18H,2-3,8-14H2,1H3. The first-order chi connectivity index (χ1) is 11.2. The van der Waals surface area contributed by atoms with E-state index in [2.05, 4.69) is 16.8 Å². The van der Waals surface area contributed by atoms with E-state index >= 15 is 0 Å². The van der Waals surface area contributed by atoms with Gasteiger partial charge in [-0.25, -0.2) is 4.39 Å². The van der Waals surface area contributed by atoms with Crippen LogP contribution in [0.25, 0.3) is 0 Å². The van der Waals surface area contributed by atoms with E-state index in [9.17, 15) is 4.39 Å². The molecule has 23 heavy (non-hydrogen) atoms. The lowest BCUT2D eigenvalue weighted by molar-refractivity contribution is -0.0948. The fourth-order valence-corrected chi connectivity index (χ4v) is 3.35. The van der Waals surface area contributed by atoms with Crippen molar-refractivity contribution in [1.29, 1.82) is 0 Å². The number of halogens is 1. The molecular weight excluding hydrogens is 295 g/mol. The number of nitrogens with zero attached hydrogens (tertiary/aromatic N) is 2. The van der Waals surface area contributed by atoms with E-state index in [1.165, 1.54) is 12.1 Å². The highest BCUT2D eigenvalue weighted by molar-refractivity contribution is 5.15. The van der Waals surface area contributed by atoms with Crippen molar-refractivity contribution in [2.75, 3.05) is 46.4 Å². The minimum absolute atomic E-state index is 0.176. The molecule has 2 atom stereocenters. The molecular formula is C18H27FN2O2. The van der Waals surface area contributed by atoms with Crippen LogP contribution >= 0.6 is 0 Å². The molecule has 5 heteroatoms. The summed E-state index contributed by atoms with van der Waals surface area (Å²) in [7, 11) is 2.11. The van der Waals surface area contributed by atoms with Gasteiger partial charge in [-0.3, -0.25) is 4.90 Å². The minimum atomic E-state index is -0.176. The van der Waals surface area contributed by atoms with Crippen LogP contribution in [0.15, 0.2) is 24.3 Å². The first kappa shape index (κ1) is 16.8. The van der Waals surface area contributed by atoms with Crippen LogP contribution in [-0.4, -0.2) is 68.4 Å². The van der Waals surface area contributed by atoms with E-state index < -0.39 is 0 Å². The Bertz CT molecular complexity index is 476. The average molecular weight is 322 g/mol. The second-order valence-electron chi connectivity index (χ2n) is 6.63. The molecule has 3 rings (SSSR count). The van der Waals surface area contributed by atoms with Gasteiger partial charge in [0, 0.05) is 39.3 Å². The number of rotatable bonds is 6. The van der Waals surface area contributed by atoms with Crippen LogP contribution in [0, 0.1) is 5.82 Å². The number of morpholine rings is 1. The molecule has 0 saturated carbocycles. The van der Waals surface area contributed by atoms with E-state index in [1.54, 1.807) is 0 Å². The van der Waals surface area contributed by atoms with Gasteiger partial charge in [-0.2, -0.15) is 0 Å². The molecule has 0 aliphatic carbocycles. The topological polar surface area (TPSA) is 24.9 Å². The second-order valence-corrected chi connectivity index (χ2v) is 6.63. The van der Waals surface area contributed by atoms with Gasteiger partial charge >= 0.3 is 0 Å². The molecule has 2 aliphatic heterocycles. The SMILES string of the molecule is CN(CCN1CCOC(C2CCCO2)C1)Cc1ccc(F)cc1. The van der Waals surface area contributed by atoms with Gasteiger partial charge in [-0.05, 0) is 37.6 Å². The van der Waals surface area contributed by atoms with Gasteiger partial charge in [0.2, 0.25) is 0 Å². The van der Waals surface area contributed by atoms with E-state index in [-0.39, 0.29) is 18.0 Å². The predicted molar refractivity (Wildman–Crippen MR) is 87.9 cm³/mol. The Balaban J connectivity index is 1.41. The Morgan fingerprint density at radius 3 is 2.70 bits per heavy atom. The summed E-state index contributed by atoms with van der Waals surface area (Å²) in [5.41, 5.74) is 1.15. The van der Waals surface area contributed by atoms with Gasteiger partial charge in [0.05, 0.1) is 18.8 Å². The summed E-state index contributed by atoms with van der Waals surface area (Å²) in [4.78, 5) is 4.75. The van der Waals surface area contributed by atoms with Crippen LogP contribution in [0.2, 0.25) is 0 Å². The Hall–Kier alpha value is -1.01. The monoisotopic (exact) mass is 322 g/mol. The van der Waals surface area contributed by atoms with Crippen LogP contribution in [0.1, 0.15) is 18.4 Å². The fourth-order valence-electron chi connectivity index (χ4n) is 3.35. The van der Waals surface area contributed by atoms with E-state index in [0.29, 0.717) is 0 Å². The molecule has 4 nitrogen and oxygen atoms in total. The van der Waals surface area contributed by atoms with Crippen molar-refractivity contribution in [1.82, 2.24) is 9.80 Å².